The highest BCUT2D eigenvalue weighted by molar-refractivity contribution is 7.15. The van der Waals surface area contributed by atoms with E-state index in [1.54, 1.807) is 22.2 Å². The van der Waals surface area contributed by atoms with Crippen molar-refractivity contribution in [1.29, 1.82) is 0 Å². The summed E-state index contributed by atoms with van der Waals surface area (Å²) in [6, 6.07) is 0. The lowest BCUT2D eigenvalue weighted by Gasteiger charge is -2.00. The Hall–Kier alpha value is -1.36. The lowest BCUT2D eigenvalue weighted by atomic mass is 10.5. The number of carbonyl (C=O) groups excluding carboxylic acids is 1. The predicted molar refractivity (Wildman–Crippen MR) is 51.5 cm³/mol. The molecular weight excluding hydrogens is 200 g/mol. The van der Waals surface area contributed by atoms with Gasteiger partial charge in [0.2, 0.25) is 0 Å². The van der Waals surface area contributed by atoms with Crippen LogP contribution in [-0.2, 0) is 4.74 Å². The summed E-state index contributed by atoms with van der Waals surface area (Å²) < 4.78 is 6.96. The minimum Gasteiger partial charge on any atom is -0.458 e. The van der Waals surface area contributed by atoms with Crippen LogP contribution >= 0.6 is 11.3 Å². The molecule has 0 N–H and O–H groups in total. The maximum Gasteiger partial charge on any atom is 0.356 e. The quantitative estimate of drug-likeness (QED) is 0.706. The first-order valence-corrected chi connectivity index (χ1v) is 5.34. The Labute approximate surface area is 84.1 Å². The molecule has 72 valence electrons. The van der Waals surface area contributed by atoms with Crippen LogP contribution in [0.5, 0.6) is 0 Å². The minimum atomic E-state index is -0.239. The van der Waals surface area contributed by atoms with Crippen LogP contribution in [0.1, 0.15) is 23.3 Å². The van der Waals surface area contributed by atoms with Gasteiger partial charge < -0.3 is 4.74 Å². The molecule has 0 saturated heterocycles. The van der Waals surface area contributed by atoms with E-state index in [-0.39, 0.29) is 12.1 Å². The van der Waals surface area contributed by atoms with E-state index in [4.69, 9.17) is 4.74 Å². The second kappa shape index (κ2) is 2.81. The van der Waals surface area contributed by atoms with E-state index in [0.29, 0.717) is 5.69 Å². The molecule has 4 nitrogen and oxygen atoms in total. The number of imidazole rings is 1. The van der Waals surface area contributed by atoms with Gasteiger partial charge >= 0.3 is 5.97 Å². The van der Waals surface area contributed by atoms with Gasteiger partial charge in [-0.25, -0.2) is 9.78 Å². The molecule has 0 spiro atoms. The third-order valence-corrected chi connectivity index (χ3v) is 3.00. The summed E-state index contributed by atoms with van der Waals surface area (Å²) >= 11 is 1.45. The summed E-state index contributed by atoms with van der Waals surface area (Å²) in [6.45, 7) is 0. The third kappa shape index (κ3) is 1.21. The molecular formula is C9H8N2O2S. The highest BCUT2D eigenvalue weighted by Crippen LogP contribution is 2.25. The highest BCUT2D eigenvalue weighted by atomic mass is 32.1. The minimum absolute atomic E-state index is 0.154. The van der Waals surface area contributed by atoms with E-state index in [1.165, 1.54) is 11.3 Å². The molecule has 2 aromatic rings. The lowest BCUT2D eigenvalue weighted by Crippen LogP contribution is -2.08. The second-order valence-corrected chi connectivity index (χ2v) is 4.14. The Balaban J connectivity index is 1.95. The second-order valence-electron chi connectivity index (χ2n) is 3.31. The van der Waals surface area contributed by atoms with E-state index in [9.17, 15) is 4.79 Å². The Morgan fingerprint density at radius 3 is 3.29 bits per heavy atom. The topological polar surface area (TPSA) is 43.6 Å². The summed E-state index contributed by atoms with van der Waals surface area (Å²) in [5, 5.41) is 1.78. The molecule has 1 saturated carbocycles. The number of hydrogen-bond donors (Lipinski definition) is 0. The van der Waals surface area contributed by atoms with Crippen molar-refractivity contribution in [3.8, 4) is 0 Å². The van der Waals surface area contributed by atoms with Gasteiger partial charge in [-0.2, -0.15) is 0 Å². The average molecular weight is 208 g/mol. The van der Waals surface area contributed by atoms with E-state index < -0.39 is 0 Å². The van der Waals surface area contributed by atoms with Crippen molar-refractivity contribution in [3.63, 3.8) is 0 Å². The monoisotopic (exact) mass is 208 g/mol. The van der Waals surface area contributed by atoms with Gasteiger partial charge in [0.1, 0.15) is 11.8 Å². The number of thiazole rings is 1. The van der Waals surface area contributed by atoms with Gasteiger partial charge in [0.15, 0.2) is 4.96 Å². The van der Waals surface area contributed by atoms with Gasteiger partial charge in [-0.3, -0.25) is 4.40 Å². The smallest absolute Gasteiger partial charge is 0.356 e. The van der Waals surface area contributed by atoms with Crippen molar-refractivity contribution in [2.24, 2.45) is 0 Å². The lowest BCUT2D eigenvalue weighted by molar-refractivity contribution is 0.0464. The van der Waals surface area contributed by atoms with Gasteiger partial charge in [0, 0.05) is 17.8 Å². The van der Waals surface area contributed by atoms with E-state index in [0.717, 1.165) is 17.8 Å². The molecule has 0 bridgehead atoms. The Morgan fingerprint density at radius 1 is 1.64 bits per heavy atom. The molecule has 0 aromatic carbocycles. The number of ether oxygens (including phenoxy) is 1. The molecule has 0 radical (unpaired) electrons. The Kier molecular flexibility index (Phi) is 1.61. The van der Waals surface area contributed by atoms with Crippen LogP contribution in [0.15, 0.2) is 17.8 Å². The number of hydrogen-bond acceptors (Lipinski definition) is 4. The molecule has 0 unspecified atom stereocenters. The van der Waals surface area contributed by atoms with Crippen LogP contribution in [0.3, 0.4) is 0 Å². The van der Waals surface area contributed by atoms with Gasteiger partial charge in [-0.15, -0.1) is 11.3 Å². The highest BCUT2D eigenvalue weighted by Gasteiger charge is 2.27. The van der Waals surface area contributed by atoms with Gasteiger partial charge in [-0.1, -0.05) is 0 Å². The van der Waals surface area contributed by atoms with Crippen molar-refractivity contribution >= 4 is 22.3 Å². The van der Waals surface area contributed by atoms with E-state index in [2.05, 4.69) is 4.98 Å². The molecule has 2 heterocycles. The fraction of sp³-hybridized carbons (Fsp3) is 0.333. The van der Waals surface area contributed by atoms with Crippen LogP contribution in [0, 0.1) is 0 Å². The SMILES string of the molecule is O=C(OC1CC1)c1csc2nccn12. The molecule has 1 aliphatic rings. The number of nitrogens with zero attached hydrogens (tertiary/aromatic N) is 2. The van der Waals surface area contributed by atoms with Crippen LogP contribution < -0.4 is 0 Å². The average Bonchev–Trinajstić information content (AvgIpc) is 2.72. The zero-order valence-electron chi connectivity index (χ0n) is 7.34. The molecule has 1 fully saturated rings. The number of aromatic nitrogens is 2. The van der Waals surface area contributed by atoms with Crippen LogP contribution in [0.4, 0.5) is 0 Å². The first-order chi connectivity index (χ1) is 6.84. The van der Waals surface area contributed by atoms with Crippen molar-refractivity contribution in [2.75, 3.05) is 0 Å². The van der Waals surface area contributed by atoms with Gasteiger partial charge in [0.05, 0.1) is 0 Å². The molecule has 3 rings (SSSR count). The summed E-state index contributed by atoms with van der Waals surface area (Å²) in [5.41, 5.74) is 0.578. The van der Waals surface area contributed by atoms with Crippen LogP contribution in [0.2, 0.25) is 0 Å². The molecule has 2 aromatic heterocycles. The summed E-state index contributed by atoms with van der Waals surface area (Å²) in [5.74, 6) is -0.239. The maximum absolute atomic E-state index is 11.6. The molecule has 0 aliphatic heterocycles. The summed E-state index contributed by atoms with van der Waals surface area (Å²) in [7, 11) is 0. The zero-order valence-corrected chi connectivity index (χ0v) is 8.16. The molecule has 1 aliphatic carbocycles. The molecule has 0 atom stereocenters. The molecule has 0 amide bonds. The summed E-state index contributed by atoms with van der Waals surface area (Å²) in [6.07, 6.45) is 5.61. The van der Waals surface area contributed by atoms with Crippen LogP contribution in [0.25, 0.3) is 4.96 Å². The first kappa shape index (κ1) is 7.99. The maximum atomic E-state index is 11.6. The number of fused-ring (bicyclic) bond motifs is 1. The van der Waals surface area contributed by atoms with Crippen molar-refractivity contribution in [2.45, 2.75) is 18.9 Å². The largest absolute Gasteiger partial charge is 0.458 e. The number of carbonyl (C=O) groups is 1. The first-order valence-electron chi connectivity index (χ1n) is 4.46. The van der Waals surface area contributed by atoms with E-state index in [1.807, 2.05) is 0 Å². The van der Waals surface area contributed by atoms with E-state index >= 15 is 0 Å². The fourth-order valence-corrected chi connectivity index (χ4v) is 2.09. The predicted octanol–water partition coefficient (Wildman–Crippen LogP) is 1.71. The third-order valence-electron chi connectivity index (χ3n) is 2.15. The van der Waals surface area contributed by atoms with Crippen molar-refractivity contribution in [1.82, 2.24) is 9.38 Å². The number of esters is 1. The van der Waals surface area contributed by atoms with Gasteiger partial charge in [0.25, 0.3) is 0 Å². The molecule has 14 heavy (non-hydrogen) atoms. The summed E-state index contributed by atoms with van der Waals surface area (Å²) in [4.78, 5) is 16.5. The Morgan fingerprint density at radius 2 is 2.50 bits per heavy atom. The van der Waals surface area contributed by atoms with Crippen molar-refractivity contribution < 1.29 is 9.53 Å². The van der Waals surface area contributed by atoms with Crippen molar-refractivity contribution in [3.05, 3.63) is 23.5 Å². The van der Waals surface area contributed by atoms with Crippen LogP contribution in [-0.4, -0.2) is 21.5 Å². The number of rotatable bonds is 2. The normalized spacial score (nSPS) is 16.0. The molecule has 5 heteroatoms. The van der Waals surface area contributed by atoms with Gasteiger partial charge in [-0.05, 0) is 12.8 Å². The fourth-order valence-electron chi connectivity index (χ4n) is 1.27. The Bertz CT molecular complexity index is 484. The zero-order chi connectivity index (χ0) is 9.54. The standard InChI is InChI=1S/C9H8N2O2S/c12-8(13-6-1-2-6)7-5-14-9-10-3-4-11(7)9/h3-6H,1-2H2.